The molecular formula is C25H31FO. The highest BCUT2D eigenvalue weighted by atomic mass is 19.1. The summed E-state index contributed by atoms with van der Waals surface area (Å²) in [6.45, 7) is 3.80. The Morgan fingerprint density at radius 2 is 1.70 bits per heavy atom. The average molecular weight is 367 g/mol. The van der Waals surface area contributed by atoms with E-state index in [1.165, 1.54) is 51.4 Å². The number of benzene rings is 2. The van der Waals surface area contributed by atoms with Crippen LogP contribution in [0.4, 0.5) is 4.39 Å². The molecule has 1 nitrogen and oxygen atoms in total. The van der Waals surface area contributed by atoms with E-state index in [2.05, 4.69) is 13.0 Å². The number of halogens is 1. The second kappa shape index (κ2) is 9.30. The molecule has 0 N–H and O–H groups in total. The number of unbranched alkanes of at least 4 members (excludes halogenated alkanes) is 2. The van der Waals surface area contributed by atoms with Crippen molar-refractivity contribution in [3.63, 3.8) is 0 Å². The third-order valence-corrected chi connectivity index (χ3v) is 6.13. The smallest absolute Gasteiger partial charge is 0.159 e. The molecule has 0 heterocycles. The molecule has 2 aromatic rings. The van der Waals surface area contributed by atoms with E-state index in [0.717, 1.165) is 17.0 Å². The molecule has 0 amide bonds. The van der Waals surface area contributed by atoms with Crippen LogP contribution in [0.5, 0.6) is 0 Å². The van der Waals surface area contributed by atoms with Gasteiger partial charge in [0.05, 0.1) is 0 Å². The first-order chi connectivity index (χ1) is 13.1. The number of carbonyl (C=O) groups excluding carboxylic acids is 1. The zero-order valence-electron chi connectivity index (χ0n) is 16.6. The van der Waals surface area contributed by atoms with E-state index in [0.29, 0.717) is 17.0 Å². The first-order valence-electron chi connectivity index (χ1n) is 10.5. The minimum Gasteiger partial charge on any atom is -0.295 e. The van der Waals surface area contributed by atoms with Crippen molar-refractivity contribution in [3.05, 3.63) is 59.4 Å². The summed E-state index contributed by atoms with van der Waals surface area (Å²) in [5.41, 5.74) is 3.24. The van der Waals surface area contributed by atoms with Crippen molar-refractivity contribution < 1.29 is 9.18 Å². The summed E-state index contributed by atoms with van der Waals surface area (Å²) in [6.07, 6.45) is 10.3. The van der Waals surface area contributed by atoms with Crippen molar-refractivity contribution in [2.75, 3.05) is 0 Å². The number of hydrogen-bond acceptors (Lipinski definition) is 1. The second-order valence-electron chi connectivity index (χ2n) is 8.09. The van der Waals surface area contributed by atoms with Gasteiger partial charge in [-0.2, -0.15) is 0 Å². The molecule has 0 aliphatic heterocycles. The molecule has 1 fully saturated rings. The fraction of sp³-hybridized carbons (Fsp3) is 0.480. The van der Waals surface area contributed by atoms with E-state index in [4.69, 9.17) is 0 Å². The van der Waals surface area contributed by atoms with Crippen LogP contribution in [-0.4, -0.2) is 5.78 Å². The van der Waals surface area contributed by atoms with Crippen LogP contribution in [-0.2, 0) is 0 Å². The standard InChI is InChI=1S/C25H31FO/c1-3-4-5-6-19-7-9-21(10-8-19)23-15-16-24(25(26)17-23)22-13-11-20(12-14-22)18(2)27/h11-17,19,21H,3-10H2,1-2H3/t19-,21-. The Balaban J connectivity index is 1.64. The molecule has 0 spiro atoms. The maximum Gasteiger partial charge on any atom is 0.159 e. The maximum absolute atomic E-state index is 14.8. The van der Waals surface area contributed by atoms with Crippen molar-refractivity contribution in [1.82, 2.24) is 0 Å². The van der Waals surface area contributed by atoms with Crippen LogP contribution < -0.4 is 0 Å². The van der Waals surface area contributed by atoms with Gasteiger partial charge in [-0.25, -0.2) is 4.39 Å². The van der Waals surface area contributed by atoms with Crippen LogP contribution in [0.15, 0.2) is 42.5 Å². The Kier molecular flexibility index (Phi) is 6.82. The molecule has 0 saturated heterocycles. The molecule has 144 valence electrons. The fourth-order valence-electron chi connectivity index (χ4n) is 4.37. The zero-order valence-corrected chi connectivity index (χ0v) is 16.6. The Morgan fingerprint density at radius 1 is 1.00 bits per heavy atom. The largest absolute Gasteiger partial charge is 0.295 e. The summed E-state index contributed by atoms with van der Waals surface area (Å²) >= 11 is 0. The molecule has 1 aliphatic rings. The Morgan fingerprint density at radius 3 is 2.30 bits per heavy atom. The summed E-state index contributed by atoms with van der Waals surface area (Å²) in [6, 6.07) is 12.9. The lowest BCUT2D eigenvalue weighted by Gasteiger charge is -2.29. The van der Waals surface area contributed by atoms with Crippen LogP contribution in [0.3, 0.4) is 0 Å². The molecule has 2 heteroatoms. The first kappa shape index (κ1) is 19.8. The molecule has 0 aromatic heterocycles. The van der Waals surface area contributed by atoms with Crippen LogP contribution in [0.2, 0.25) is 0 Å². The van der Waals surface area contributed by atoms with Gasteiger partial charge in [0.1, 0.15) is 5.82 Å². The minimum absolute atomic E-state index is 0.0302. The summed E-state index contributed by atoms with van der Waals surface area (Å²) < 4.78 is 14.8. The molecule has 1 aliphatic carbocycles. The number of hydrogen-bond donors (Lipinski definition) is 0. The van der Waals surface area contributed by atoms with Gasteiger partial charge in [0.2, 0.25) is 0 Å². The van der Waals surface area contributed by atoms with Crippen molar-refractivity contribution in [1.29, 1.82) is 0 Å². The lowest BCUT2D eigenvalue weighted by Crippen LogP contribution is -2.13. The van der Waals surface area contributed by atoms with Gasteiger partial charge >= 0.3 is 0 Å². The second-order valence-corrected chi connectivity index (χ2v) is 8.09. The van der Waals surface area contributed by atoms with E-state index in [1.54, 1.807) is 25.1 Å². The van der Waals surface area contributed by atoms with Crippen LogP contribution in [0.25, 0.3) is 11.1 Å². The Bertz CT molecular complexity index is 754. The van der Waals surface area contributed by atoms with Crippen molar-refractivity contribution in [2.24, 2.45) is 5.92 Å². The molecule has 0 atom stereocenters. The highest BCUT2D eigenvalue weighted by Crippen LogP contribution is 2.38. The quantitative estimate of drug-likeness (QED) is 0.365. The predicted octanol–water partition coefficient (Wildman–Crippen LogP) is 7.55. The lowest BCUT2D eigenvalue weighted by atomic mass is 9.77. The summed E-state index contributed by atoms with van der Waals surface area (Å²) in [5, 5.41) is 0. The molecule has 2 aromatic carbocycles. The van der Waals surface area contributed by atoms with E-state index < -0.39 is 0 Å². The summed E-state index contributed by atoms with van der Waals surface area (Å²) in [7, 11) is 0. The van der Waals surface area contributed by atoms with Gasteiger partial charge in [-0.1, -0.05) is 69.0 Å². The molecule has 0 radical (unpaired) electrons. The van der Waals surface area contributed by atoms with Crippen LogP contribution in [0.1, 0.15) is 87.1 Å². The SMILES string of the molecule is CCCCC[C@H]1CC[C@H](c2ccc(-c3ccc(C(C)=O)cc3)c(F)c2)CC1. The molecule has 27 heavy (non-hydrogen) atoms. The summed E-state index contributed by atoms with van der Waals surface area (Å²) in [4.78, 5) is 11.4. The maximum atomic E-state index is 14.8. The van der Waals surface area contributed by atoms with Gasteiger partial charge in [0, 0.05) is 11.1 Å². The highest BCUT2D eigenvalue weighted by molar-refractivity contribution is 5.94. The van der Waals surface area contributed by atoms with Gasteiger partial charge in [-0.15, -0.1) is 0 Å². The highest BCUT2D eigenvalue weighted by Gasteiger charge is 2.22. The average Bonchev–Trinajstić information content (AvgIpc) is 2.69. The number of ketones is 1. The van der Waals surface area contributed by atoms with Crippen molar-refractivity contribution in [3.8, 4) is 11.1 Å². The minimum atomic E-state index is -0.159. The van der Waals surface area contributed by atoms with E-state index in [9.17, 15) is 9.18 Å². The van der Waals surface area contributed by atoms with Crippen LogP contribution >= 0.6 is 0 Å². The molecule has 0 unspecified atom stereocenters. The number of Topliss-reactive ketones (excluding diaryl/α,β-unsaturated/α-hetero) is 1. The predicted molar refractivity (Wildman–Crippen MR) is 111 cm³/mol. The van der Waals surface area contributed by atoms with Gasteiger partial charge in [0.15, 0.2) is 5.78 Å². The molecular weight excluding hydrogens is 335 g/mol. The third-order valence-electron chi connectivity index (χ3n) is 6.13. The van der Waals surface area contributed by atoms with Crippen LogP contribution in [0, 0.1) is 11.7 Å². The van der Waals surface area contributed by atoms with Gasteiger partial charge in [-0.3, -0.25) is 4.79 Å². The molecule has 1 saturated carbocycles. The van der Waals surface area contributed by atoms with E-state index in [1.807, 2.05) is 18.2 Å². The third kappa shape index (κ3) is 5.06. The van der Waals surface area contributed by atoms with E-state index in [-0.39, 0.29) is 11.6 Å². The van der Waals surface area contributed by atoms with Crippen molar-refractivity contribution in [2.45, 2.75) is 71.1 Å². The van der Waals surface area contributed by atoms with Gasteiger partial charge in [-0.05, 0) is 61.6 Å². The Hall–Kier alpha value is -1.96. The summed E-state index contributed by atoms with van der Waals surface area (Å²) in [5.74, 6) is 1.24. The zero-order chi connectivity index (χ0) is 19.2. The van der Waals surface area contributed by atoms with Crippen molar-refractivity contribution >= 4 is 5.78 Å². The Labute approximate surface area is 163 Å². The van der Waals surface area contributed by atoms with E-state index >= 15 is 0 Å². The fourth-order valence-corrected chi connectivity index (χ4v) is 4.37. The lowest BCUT2D eigenvalue weighted by molar-refractivity contribution is 0.101. The molecule has 0 bridgehead atoms. The van der Waals surface area contributed by atoms with Gasteiger partial charge in [0.25, 0.3) is 0 Å². The topological polar surface area (TPSA) is 17.1 Å². The van der Waals surface area contributed by atoms with Gasteiger partial charge < -0.3 is 0 Å². The number of carbonyl (C=O) groups is 1. The normalized spacial score (nSPS) is 19.8. The number of rotatable bonds is 7. The monoisotopic (exact) mass is 366 g/mol. The first-order valence-corrected chi connectivity index (χ1v) is 10.5. The molecule has 3 rings (SSSR count).